The van der Waals surface area contributed by atoms with E-state index in [4.69, 9.17) is 0 Å². The smallest absolute Gasteiger partial charge is 0.337 e. The molecule has 2 aromatic carbocycles. The van der Waals surface area contributed by atoms with Crippen molar-refractivity contribution in [2.24, 2.45) is 11.8 Å². The molecule has 0 aliphatic heterocycles. The number of benzene rings is 2. The number of carbonyl (C=O) groups is 3. The fraction of sp³-hybridized carbons (Fsp3) is 0.286. The minimum atomic E-state index is -0.465. The van der Waals surface area contributed by atoms with Crippen LogP contribution in [0.15, 0.2) is 54.6 Å². The Morgan fingerprint density at radius 2 is 1.74 bits per heavy atom. The Morgan fingerprint density at radius 1 is 1.00 bits per heavy atom. The molecule has 2 N–H and O–H groups in total. The zero-order valence-corrected chi connectivity index (χ0v) is 15.1. The second-order valence-corrected chi connectivity index (χ2v) is 6.54. The topological polar surface area (TPSA) is 84.5 Å². The minimum absolute atomic E-state index is 0.0885. The van der Waals surface area contributed by atoms with Crippen molar-refractivity contribution in [2.75, 3.05) is 19.0 Å². The van der Waals surface area contributed by atoms with Crippen molar-refractivity contribution < 1.29 is 19.1 Å². The van der Waals surface area contributed by atoms with Crippen LogP contribution in [0.2, 0.25) is 0 Å². The lowest BCUT2D eigenvalue weighted by Gasteiger charge is -2.07. The lowest BCUT2D eigenvalue weighted by Crippen LogP contribution is -2.29. The largest absolute Gasteiger partial charge is 0.465 e. The summed E-state index contributed by atoms with van der Waals surface area (Å²) in [5.74, 6) is -1.38. The van der Waals surface area contributed by atoms with Gasteiger partial charge in [0.1, 0.15) is 0 Å². The molecule has 140 valence electrons. The molecule has 1 saturated carbocycles. The van der Waals surface area contributed by atoms with Crippen molar-refractivity contribution >= 4 is 23.5 Å². The number of amides is 2. The highest BCUT2D eigenvalue weighted by molar-refractivity contribution is 6.00. The van der Waals surface area contributed by atoms with Gasteiger partial charge in [-0.1, -0.05) is 36.4 Å². The SMILES string of the molecule is COC(=O)c1cccc(NC(=O)C2CC2C(=O)NCCc2ccccc2)c1. The number of anilines is 1. The number of hydrogen-bond acceptors (Lipinski definition) is 4. The van der Waals surface area contributed by atoms with Crippen molar-refractivity contribution in [3.05, 3.63) is 65.7 Å². The first-order valence-corrected chi connectivity index (χ1v) is 8.89. The van der Waals surface area contributed by atoms with Gasteiger partial charge in [-0.05, 0) is 36.6 Å². The van der Waals surface area contributed by atoms with Gasteiger partial charge in [0.25, 0.3) is 0 Å². The van der Waals surface area contributed by atoms with E-state index in [-0.39, 0.29) is 23.7 Å². The molecule has 0 bridgehead atoms. The average Bonchev–Trinajstić information content (AvgIpc) is 3.49. The molecular weight excluding hydrogens is 344 g/mol. The maximum atomic E-state index is 12.3. The predicted molar refractivity (Wildman–Crippen MR) is 101 cm³/mol. The van der Waals surface area contributed by atoms with E-state index in [1.807, 2.05) is 30.3 Å². The molecule has 6 heteroatoms. The number of nitrogens with one attached hydrogen (secondary N) is 2. The molecule has 2 unspecified atom stereocenters. The highest BCUT2D eigenvalue weighted by atomic mass is 16.5. The normalized spacial score (nSPS) is 17.7. The molecule has 6 nitrogen and oxygen atoms in total. The highest BCUT2D eigenvalue weighted by Gasteiger charge is 2.47. The first-order chi connectivity index (χ1) is 13.1. The summed E-state index contributed by atoms with van der Waals surface area (Å²) in [5.41, 5.74) is 2.03. The van der Waals surface area contributed by atoms with Gasteiger partial charge in [0.15, 0.2) is 0 Å². The zero-order chi connectivity index (χ0) is 19.2. The zero-order valence-electron chi connectivity index (χ0n) is 15.1. The fourth-order valence-electron chi connectivity index (χ4n) is 2.96. The Labute approximate surface area is 157 Å². The second kappa shape index (κ2) is 8.49. The van der Waals surface area contributed by atoms with E-state index in [1.165, 1.54) is 7.11 Å². The third-order valence-corrected chi connectivity index (χ3v) is 4.57. The van der Waals surface area contributed by atoms with Gasteiger partial charge in [-0.15, -0.1) is 0 Å². The van der Waals surface area contributed by atoms with E-state index in [0.717, 1.165) is 12.0 Å². The molecule has 3 rings (SSSR count). The molecule has 0 aromatic heterocycles. The molecule has 0 heterocycles. The summed E-state index contributed by atoms with van der Waals surface area (Å²) in [5, 5.41) is 5.66. The van der Waals surface area contributed by atoms with Crippen LogP contribution in [0.25, 0.3) is 0 Å². The van der Waals surface area contributed by atoms with Crippen LogP contribution in [0.4, 0.5) is 5.69 Å². The van der Waals surface area contributed by atoms with Crippen molar-refractivity contribution in [3.8, 4) is 0 Å². The molecule has 0 radical (unpaired) electrons. The molecule has 0 spiro atoms. The van der Waals surface area contributed by atoms with Crippen LogP contribution in [-0.2, 0) is 20.7 Å². The Balaban J connectivity index is 1.46. The van der Waals surface area contributed by atoms with Crippen LogP contribution in [0, 0.1) is 11.8 Å². The lowest BCUT2D eigenvalue weighted by atomic mass is 10.1. The standard InChI is InChI=1S/C21H22N2O4/c1-27-21(26)15-8-5-9-16(12-15)23-20(25)18-13-17(18)19(24)22-11-10-14-6-3-2-4-7-14/h2-9,12,17-18H,10-11,13H2,1H3,(H,22,24)(H,23,25). The van der Waals surface area contributed by atoms with E-state index < -0.39 is 5.97 Å². The number of rotatable bonds is 7. The Kier molecular flexibility index (Phi) is 5.86. The van der Waals surface area contributed by atoms with Gasteiger partial charge in [-0.3, -0.25) is 9.59 Å². The molecule has 1 aliphatic carbocycles. The Hall–Kier alpha value is -3.15. The van der Waals surface area contributed by atoms with Crippen LogP contribution in [0.1, 0.15) is 22.3 Å². The average molecular weight is 366 g/mol. The molecule has 2 atom stereocenters. The number of hydrogen-bond donors (Lipinski definition) is 2. The maximum absolute atomic E-state index is 12.3. The first-order valence-electron chi connectivity index (χ1n) is 8.89. The second-order valence-electron chi connectivity index (χ2n) is 6.54. The quantitative estimate of drug-likeness (QED) is 0.737. The van der Waals surface area contributed by atoms with Crippen LogP contribution >= 0.6 is 0 Å². The predicted octanol–water partition coefficient (Wildman–Crippen LogP) is 2.41. The van der Waals surface area contributed by atoms with Crippen molar-refractivity contribution in [1.82, 2.24) is 5.32 Å². The van der Waals surface area contributed by atoms with Gasteiger partial charge < -0.3 is 15.4 Å². The molecule has 2 aromatic rings. The number of carbonyl (C=O) groups excluding carboxylic acids is 3. The number of esters is 1. The van der Waals surface area contributed by atoms with Crippen LogP contribution in [0.5, 0.6) is 0 Å². The third-order valence-electron chi connectivity index (χ3n) is 4.57. The van der Waals surface area contributed by atoms with Gasteiger partial charge in [0, 0.05) is 12.2 Å². The summed E-state index contributed by atoms with van der Waals surface area (Å²) in [6, 6.07) is 16.5. The molecule has 1 fully saturated rings. The number of methoxy groups -OCH3 is 1. The van der Waals surface area contributed by atoms with E-state index in [2.05, 4.69) is 15.4 Å². The molecule has 1 aliphatic rings. The lowest BCUT2D eigenvalue weighted by molar-refractivity contribution is -0.125. The van der Waals surface area contributed by atoms with Crippen LogP contribution in [0.3, 0.4) is 0 Å². The summed E-state index contributed by atoms with van der Waals surface area (Å²) in [6.45, 7) is 0.550. The fourth-order valence-corrected chi connectivity index (χ4v) is 2.96. The van der Waals surface area contributed by atoms with Gasteiger partial charge in [0.2, 0.25) is 11.8 Å². The van der Waals surface area contributed by atoms with Crippen molar-refractivity contribution in [1.29, 1.82) is 0 Å². The molecular formula is C21H22N2O4. The molecule has 2 amide bonds. The Morgan fingerprint density at radius 3 is 2.48 bits per heavy atom. The summed E-state index contributed by atoms with van der Waals surface area (Å²) in [4.78, 5) is 36.1. The van der Waals surface area contributed by atoms with Gasteiger partial charge in [0.05, 0.1) is 24.5 Å². The first kappa shape index (κ1) is 18.6. The monoisotopic (exact) mass is 366 g/mol. The van der Waals surface area contributed by atoms with Gasteiger partial charge in [-0.25, -0.2) is 4.79 Å². The van der Waals surface area contributed by atoms with Crippen LogP contribution < -0.4 is 10.6 Å². The number of ether oxygens (including phenoxy) is 1. The molecule has 0 saturated heterocycles. The maximum Gasteiger partial charge on any atom is 0.337 e. The van der Waals surface area contributed by atoms with Crippen LogP contribution in [-0.4, -0.2) is 31.4 Å². The Bertz CT molecular complexity index is 835. The van der Waals surface area contributed by atoms with Gasteiger partial charge in [-0.2, -0.15) is 0 Å². The highest BCUT2D eigenvalue weighted by Crippen LogP contribution is 2.39. The van der Waals surface area contributed by atoms with Crippen molar-refractivity contribution in [3.63, 3.8) is 0 Å². The van der Waals surface area contributed by atoms with E-state index in [0.29, 0.717) is 24.2 Å². The minimum Gasteiger partial charge on any atom is -0.465 e. The summed E-state index contributed by atoms with van der Waals surface area (Å²) in [7, 11) is 1.30. The van der Waals surface area contributed by atoms with E-state index in [1.54, 1.807) is 24.3 Å². The summed E-state index contributed by atoms with van der Waals surface area (Å²) in [6.07, 6.45) is 1.30. The van der Waals surface area contributed by atoms with E-state index >= 15 is 0 Å². The van der Waals surface area contributed by atoms with Crippen molar-refractivity contribution in [2.45, 2.75) is 12.8 Å². The third kappa shape index (κ3) is 4.94. The molecule has 27 heavy (non-hydrogen) atoms. The summed E-state index contributed by atoms with van der Waals surface area (Å²) >= 11 is 0. The van der Waals surface area contributed by atoms with E-state index in [9.17, 15) is 14.4 Å². The van der Waals surface area contributed by atoms with Gasteiger partial charge >= 0.3 is 5.97 Å². The summed E-state index contributed by atoms with van der Waals surface area (Å²) < 4.78 is 4.67.